The number of halogens is 1. The number of aryl methyl sites for hydroxylation is 1. The molecule has 1 aromatic rings. The van der Waals surface area contributed by atoms with E-state index in [0.717, 1.165) is 9.35 Å². The van der Waals surface area contributed by atoms with E-state index in [0.29, 0.717) is 6.42 Å². The van der Waals surface area contributed by atoms with Crippen molar-refractivity contribution in [2.24, 2.45) is 11.1 Å². The van der Waals surface area contributed by atoms with Gasteiger partial charge in [0.25, 0.3) is 0 Å². The van der Waals surface area contributed by atoms with Crippen molar-refractivity contribution in [2.75, 3.05) is 7.11 Å². The van der Waals surface area contributed by atoms with Crippen LogP contribution in [0.5, 0.6) is 0 Å². The second-order valence-corrected chi connectivity index (χ2v) is 6.88. The van der Waals surface area contributed by atoms with Gasteiger partial charge in [0.1, 0.15) is 0 Å². The van der Waals surface area contributed by atoms with E-state index in [1.807, 2.05) is 26.8 Å². The molecule has 1 atom stereocenters. The molecule has 0 saturated carbocycles. The first-order valence-corrected chi connectivity index (χ1v) is 6.98. The van der Waals surface area contributed by atoms with Crippen molar-refractivity contribution < 1.29 is 9.53 Å². The second kappa shape index (κ2) is 5.50. The Kier molecular flexibility index (Phi) is 4.75. The molecule has 0 fully saturated rings. The zero-order valence-electron chi connectivity index (χ0n) is 10.5. The van der Waals surface area contributed by atoms with Crippen molar-refractivity contribution in [3.8, 4) is 0 Å². The Bertz CT molecular complexity index is 395. The molecule has 0 saturated heterocycles. The zero-order chi connectivity index (χ0) is 13.2. The third kappa shape index (κ3) is 3.53. The van der Waals surface area contributed by atoms with Crippen molar-refractivity contribution in [2.45, 2.75) is 33.2 Å². The summed E-state index contributed by atoms with van der Waals surface area (Å²) in [5.74, 6) is -0.222. The van der Waals surface area contributed by atoms with E-state index in [4.69, 9.17) is 10.5 Å². The molecule has 0 spiro atoms. The molecule has 3 nitrogen and oxygen atoms in total. The van der Waals surface area contributed by atoms with Gasteiger partial charge in [0.15, 0.2) is 0 Å². The Morgan fingerprint density at radius 1 is 1.65 bits per heavy atom. The van der Waals surface area contributed by atoms with Crippen molar-refractivity contribution >= 4 is 33.2 Å². The van der Waals surface area contributed by atoms with Crippen LogP contribution in [0.15, 0.2) is 10.5 Å². The molecule has 0 aromatic carbocycles. The van der Waals surface area contributed by atoms with Crippen LogP contribution in [0.1, 0.15) is 36.1 Å². The molecule has 1 rings (SSSR count). The number of esters is 1. The van der Waals surface area contributed by atoms with Gasteiger partial charge in [-0.05, 0) is 49.2 Å². The number of nitrogens with two attached hydrogens (primary N) is 1. The lowest BCUT2D eigenvalue weighted by Crippen LogP contribution is -2.29. The quantitative estimate of drug-likeness (QED) is 0.865. The van der Waals surface area contributed by atoms with Crippen molar-refractivity contribution in [1.29, 1.82) is 0 Å². The van der Waals surface area contributed by atoms with Crippen LogP contribution in [-0.2, 0) is 9.53 Å². The van der Waals surface area contributed by atoms with Gasteiger partial charge in [-0.3, -0.25) is 4.79 Å². The van der Waals surface area contributed by atoms with Gasteiger partial charge in [-0.25, -0.2) is 0 Å². The average molecular weight is 320 g/mol. The first-order valence-electron chi connectivity index (χ1n) is 5.37. The lowest BCUT2D eigenvalue weighted by molar-refractivity contribution is -0.151. The molecule has 17 heavy (non-hydrogen) atoms. The predicted octanol–water partition coefficient (Wildman–Crippen LogP) is 3.41. The monoisotopic (exact) mass is 319 g/mol. The molecule has 0 amide bonds. The first kappa shape index (κ1) is 14.7. The fourth-order valence-corrected chi connectivity index (χ4v) is 3.24. The van der Waals surface area contributed by atoms with Crippen LogP contribution in [0.2, 0.25) is 0 Å². The molecule has 0 bridgehead atoms. The lowest BCUT2D eigenvalue weighted by atomic mass is 9.85. The third-order valence-corrected chi connectivity index (χ3v) is 4.98. The number of thiophene rings is 1. The van der Waals surface area contributed by atoms with Crippen LogP contribution >= 0.6 is 27.3 Å². The topological polar surface area (TPSA) is 52.3 Å². The van der Waals surface area contributed by atoms with Gasteiger partial charge in [-0.2, -0.15) is 0 Å². The fraction of sp³-hybridized carbons (Fsp3) is 0.583. The Morgan fingerprint density at radius 2 is 2.24 bits per heavy atom. The summed E-state index contributed by atoms with van der Waals surface area (Å²) in [6.45, 7) is 5.75. The van der Waals surface area contributed by atoms with E-state index < -0.39 is 5.41 Å². The maximum Gasteiger partial charge on any atom is 0.311 e. The number of carbonyl (C=O) groups is 1. The van der Waals surface area contributed by atoms with Gasteiger partial charge in [0, 0.05) is 20.3 Å². The molecule has 5 heteroatoms. The largest absolute Gasteiger partial charge is 0.469 e. The number of ether oxygens (including phenoxy) is 1. The molecule has 2 N–H and O–H groups in total. The minimum absolute atomic E-state index is 0.140. The van der Waals surface area contributed by atoms with Crippen molar-refractivity contribution in [1.82, 2.24) is 0 Å². The van der Waals surface area contributed by atoms with Gasteiger partial charge in [-0.1, -0.05) is 0 Å². The summed E-state index contributed by atoms with van der Waals surface area (Å²) in [5, 5.41) is 0. The van der Waals surface area contributed by atoms with E-state index >= 15 is 0 Å². The summed E-state index contributed by atoms with van der Waals surface area (Å²) >= 11 is 5.13. The summed E-state index contributed by atoms with van der Waals surface area (Å²) in [7, 11) is 1.40. The Hall–Kier alpha value is -0.390. The van der Waals surface area contributed by atoms with Crippen molar-refractivity contribution in [3.63, 3.8) is 0 Å². The van der Waals surface area contributed by atoms with E-state index in [-0.39, 0.29) is 12.0 Å². The van der Waals surface area contributed by atoms with Crippen LogP contribution < -0.4 is 5.73 Å². The second-order valence-electron chi connectivity index (χ2n) is 4.74. The normalized spacial score (nSPS) is 13.5. The minimum atomic E-state index is -0.557. The molecule has 0 radical (unpaired) electrons. The third-order valence-electron chi connectivity index (χ3n) is 2.71. The van der Waals surface area contributed by atoms with Gasteiger partial charge in [0.2, 0.25) is 0 Å². The van der Waals surface area contributed by atoms with Gasteiger partial charge < -0.3 is 10.5 Å². The van der Waals surface area contributed by atoms with Gasteiger partial charge in [0.05, 0.1) is 12.5 Å². The smallest absolute Gasteiger partial charge is 0.311 e. The molecule has 0 aliphatic carbocycles. The van der Waals surface area contributed by atoms with Crippen LogP contribution in [0, 0.1) is 12.3 Å². The van der Waals surface area contributed by atoms with Gasteiger partial charge >= 0.3 is 5.97 Å². The van der Waals surface area contributed by atoms with E-state index in [2.05, 4.69) is 15.9 Å². The number of carbonyl (C=O) groups excluding carboxylic acids is 1. The van der Waals surface area contributed by atoms with E-state index in [1.54, 1.807) is 11.3 Å². The maximum atomic E-state index is 11.6. The Morgan fingerprint density at radius 3 is 2.65 bits per heavy atom. The minimum Gasteiger partial charge on any atom is -0.469 e. The summed E-state index contributed by atoms with van der Waals surface area (Å²) in [4.78, 5) is 13.9. The van der Waals surface area contributed by atoms with E-state index in [1.165, 1.54) is 12.0 Å². The Labute approximate surface area is 114 Å². The maximum absolute atomic E-state index is 11.6. The molecular weight excluding hydrogens is 302 g/mol. The van der Waals surface area contributed by atoms with Crippen LogP contribution in [-0.4, -0.2) is 13.1 Å². The number of methoxy groups -OCH3 is 1. The van der Waals surface area contributed by atoms with Crippen LogP contribution in [0.4, 0.5) is 0 Å². The highest BCUT2D eigenvalue weighted by Gasteiger charge is 2.31. The number of hydrogen-bond donors (Lipinski definition) is 1. The lowest BCUT2D eigenvalue weighted by Gasteiger charge is -2.24. The summed E-state index contributed by atoms with van der Waals surface area (Å²) < 4.78 is 5.85. The molecule has 1 heterocycles. The van der Waals surface area contributed by atoms with Gasteiger partial charge in [-0.15, -0.1) is 11.3 Å². The van der Waals surface area contributed by atoms with Crippen LogP contribution in [0.3, 0.4) is 0 Å². The molecular formula is C12H18BrNO2S. The molecule has 1 aromatic heterocycles. The number of rotatable bonds is 4. The summed E-state index contributed by atoms with van der Waals surface area (Å²) in [6.07, 6.45) is 0.575. The first-order chi connectivity index (χ1) is 7.77. The Balaban J connectivity index is 2.78. The van der Waals surface area contributed by atoms with E-state index in [9.17, 15) is 4.79 Å². The number of hydrogen-bond acceptors (Lipinski definition) is 4. The molecule has 0 aliphatic heterocycles. The average Bonchev–Trinajstić information content (AvgIpc) is 2.57. The highest BCUT2D eigenvalue weighted by molar-refractivity contribution is 9.10. The fourth-order valence-electron chi connectivity index (χ4n) is 1.67. The zero-order valence-corrected chi connectivity index (χ0v) is 12.9. The summed E-state index contributed by atoms with van der Waals surface area (Å²) in [6, 6.07) is 1.89. The predicted molar refractivity (Wildman–Crippen MR) is 74.1 cm³/mol. The summed E-state index contributed by atoms with van der Waals surface area (Å²) in [5.41, 5.74) is 5.58. The van der Waals surface area contributed by atoms with Crippen LogP contribution in [0.25, 0.3) is 0 Å². The highest BCUT2D eigenvalue weighted by atomic mass is 79.9. The highest BCUT2D eigenvalue weighted by Crippen LogP contribution is 2.35. The molecule has 96 valence electrons. The standard InChI is InChI=1S/C12H18BrNO2S/c1-7-8(13)5-10(17-7)9(14)6-12(2,3)11(15)16-4/h5,9H,6,14H2,1-4H3. The van der Waals surface area contributed by atoms with Crippen molar-refractivity contribution in [3.05, 3.63) is 20.3 Å². The molecule has 0 aliphatic rings. The molecule has 1 unspecified atom stereocenters. The SMILES string of the molecule is COC(=O)C(C)(C)CC(N)c1cc(Br)c(C)s1.